The van der Waals surface area contributed by atoms with Crippen LogP contribution in [0.5, 0.6) is 11.5 Å². The van der Waals surface area contributed by atoms with E-state index in [0.29, 0.717) is 18.4 Å². The van der Waals surface area contributed by atoms with E-state index in [9.17, 15) is 0 Å². The predicted molar refractivity (Wildman–Crippen MR) is 109 cm³/mol. The van der Waals surface area contributed by atoms with Crippen molar-refractivity contribution in [1.29, 1.82) is 0 Å². The summed E-state index contributed by atoms with van der Waals surface area (Å²) in [6.45, 7) is 9.01. The second-order valence-electron chi connectivity index (χ2n) is 7.11. The number of rotatable bonds is 9. The van der Waals surface area contributed by atoms with Gasteiger partial charge in [0.05, 0.1) is 40.0 Å². The summed E-state index contributed by atoms with van der Waals surface area (Å²) in [5.74, 6) is 2.58. The normalized spacial score (nSPS) is 17.0. The van der Waals surface area contributed by atoms with E-state index in [1.165, 1.54) is 0 Å². The van der Waals surface area contributed by atoms with E-state index < -0.39 is 0 Å². The van der Waals surface area contributed by atoms with E-state index in [4.69, 9.17) is 19.9 Å². The van der Waals surface area contributed by atoms with E-state index in [1.54, 1.807) is 14.2 Å². The zero-order valence-electron chi connectivity index (χ0n) is 17.0. The summed E-state index contributed by atoms with van der Waals surface area (Å²) in [4.78, 5) is 6.98. The number of morpholine rings is 1. The molecule has 1 aromatic rings. The molecule has 0 spiro atoms. The van der Waals surface area contributed by atoms with Crippen LogP contribution in [-0.4, -0.2) is 64.5 Å². The Morgan fingerprint density at radius 1 is 1.22 bits per heavy atom. The van der Waals surface area contributed by atoms with E-state index in [-0.39, 0.29) is 6.04 Å². The molecule has 0 aromatic heterocycles. The molecule has 1 unspecified atom stereocenters. The highest BCUT2D eigenvalue weighted by Gasteiger charge is 2.23. The minimum Gasteiger partial charge on any atom is -0.493 e. The molecule has 1 aliphatic rings. The van der Waals surface area contributed by atoms with Crippen molar-refractivity contribution in [3.63, 3.8) is 0 Å². The molecule has 0 saturated carbocycles. The average Bonchev–Trinajstić information content (AvgIpc) is 2.68. The second-order valence-corrected chi connectivity index (χ2v) is 7.11. The fourth-order valence-corrected chi connectivity index (χ4v) is 3.11. The van der Waals surface area contributed by atoms with Gasteiger partial charge in [-0.2, -0.15) is 0 Å². The second kappa shape index (κ2) is 11.0. The first-order chi connectivity index (χ1) is 13.0. The molecule has 152 valence electrons. The molecule has 1 fully saturated rings. The standard InChI is InChI=1S/C20H34N4O3/c1-15(2)7-8-22-20(21)23-14-17(24-9-11-27-12-10-24)16-5-6-18(25-3)19(13-16)26-4/h5-6,13,15,17H,7-12,14H2,1-4H3,(H3,21,22,23). The topological polar surface area (TPSA) is 81.3 Å². The third kappa shape index (κ3) is 6.59. The van der Waals surface area contributed by atoms with E-state index in [0.717, 1.165) is 56.3 Å². The van der Waals surface area contributed by atoms with Crippen LogP contribution in [-0.2, 0) is 4.74 Å². The molecule has 1 heterocycles. The van der Waals surface area contributed by atoms with Crippen LogP contribution in [0.15, 0.2) is 23.2 Å². The summed E-state index contributed by atoms with van der Waals surface area (Å²) in [7, 11) is 3.30. The van der Waals surface area contributed by atoms with E-state index in [2.05, 4.69) is 35.1 Å². The molecular formula is C20H34N4O3. The predicted octanol–water partition coefficient (Wildman–Crippen LogP) is 2.03. The highest BCUT2D eigenvalue weighted by Crippen LogP contribution is 2.32. The Balaban J connectivity index is 2.14. The van der Waals surface area contributed by atoms with Gasteiger partial charge in [0.1, 0.15) is 0 Å². The van der Waals surface area contributed by atoms with Crippen LogP contribution in [0.1, 0.15) is 31.9 Å². The maximum atomic E-state index is 6.07. The SMILES string of the molecule is COc1ccc(C(CN=C(N)NCCC(C)C)N2CCOCC2)cc1OC. The van der Waals surface area contributed by atoms with Gasteiger partial charge in [0, 0.05) is 19.6 Å². The first-order valence-corrected chi connectivity index (χ1v) is 9.62. The van der Waals surface area contributed by atoms with Gasteiger partial charge in [0.2, 0.25) is 0 Å². The van der Waals surface area contributed by atoms with Crippen molar-refractivity contribution in [2.45, 2.75) is 26.3 Å². The number of ether oxygens (including phenoxy) is 3. The minimum atomic E-state index is 0.110. The molecule has 0 radical (unpaired) electrons. The Hall–Kier alpha value is -1.99. The van der Waals surface area contributed by atoms with Crippen molar-refractivity contribution in [3.8, 4) is 11.5 Å². The minimum absolute atomic E-state index is 0.110. The summed E-state index contributed by atoms with van der Waals surface area (Å²) in [5.41, 5.74) is 7.20. The lowest BCUT2D eigenvalue weighted by Crippen LogP contribution is -2.41. The highest BCUT2D eigenvalue weighted by atomic mass is 16.5. The molecule has 1 aliphatic heterocycles. The fourth-order valence-electron chi connectivity index (χ4n) is 3.11. The number of methoxy groups -OCH3 is 2. The Labute approximate surface area is 162 Å². The molecule has 2 rings (SSSR count). The van der Waals surface area contributed by atoms with Gasteiger partial charge in [-0.05, 0) is 30.0 Å². The zero-order valence-corrected chi connectivity index (χ0v) is 17.0. The van der Waals surface area contributed by atoms with E-state index in [1.807, 2.05) is 12.1 Å². The van der Waals surface area contributed by atoms with Crippen molar-refractivity contribution in [3.05, 3.63) is 23.8 Å². The monoisotopic (exact) mass is 378 g/mol. The van der Waals surface area contributed by atoms with Gasteiger partial charge < -0.3 is 25.3 Å². The summed E-state index contributed by atoms with van der Waals surface area (Å²) >= 11 is 0. The van der Waals surface area contributed by atoms with Crippen LogP contribution in [0.4, 0.5) is 0 Å². The van der Waals surface area contributed by atoms with Gasteiger partial charge in [0.15, 0.2) is 17.5 Å². The fraction of sp³-hybridized carbons (Fsp3) is 0.650. The molecule has 1 aromatic carbocycles. The number of nitrogens with one attached hydrogen (secondary N) is 1. The van der Waals surface area contributed by atoms with Crippen molar-refractivity contribution in [2.24, 2.45) is 16.6 Å². The van der Waals surface area contributed by atoms with Gasteiger partial charge in [0.25, 0.3) is 0 Å². The van der Waals surface area contributed by atoms with Gasteiger partial charge in [-0.25, -0.2) is 0 Å². The lowest BCUT2D eigenvalue weighted by Gasteiger charge is -2.34. The Morgan fingerprint density at radius 3 is 2.56 bits per heavy atom. The number of benzene rings is 1. The summed E-state index contributed by atoms with van der Waals surface area (Å²) in [6.07, 6.45) is 1.07. The molecule has 0 amide bonds. The Bertz CT molecular complexity index is 601. The zero-order chi connectivity index (χ0) is 19.6. The molecule has 0 bridgehead atoms. The molecule has 7 nitrogen and oxygen atoms in total. The summed E-state index contributed by atoms with van der Waals surface area (Å²) < 4.78 is 16.3. The van der Waals surface area contributed by atoms with Gasteiger partial charge in [-0.3, -0.25) is 9.89 Å². The third-order valence-electron chi connectivity index (χ3n) is 4.74. The molecule has 3 N–H and O–H groups in total. The lowest BCUT2D eigenvalue weighted by atomic mass is 10.0. The number of hydrogen-bond donors (Lipinski definition) is 2. The van der Waals surface area contributed by atoms with E-state index >= 15 is 0 Å². The van der Waals surface area contributed by atoms with Gasteiger partial charge >= 0.3 is 0 Å². The quantitative estimate of drug-likeness (QED) is 0.505. The first kappa shape index (κ1) is 21.3. The summed E-state index contributed by atoms with van der Waals surface area (Å²) in [5, 5.41) is 3.20. The van der Waals surface area contributed by atoms with Crippen LogP contribution in [0.3, 0.4) is 0 Å². The lowest BCUT2D eigenvalue weighted by molar-refractivity contribution is 0.0179. The molecule has 1 atom stereocenters. The average molecular weight is 379 g/mol. The molecule has 0 aliphatic carbocycles. The van der Waals surface area contributed by atoms with Gasteiger partial charge in [-0.1, -0.05) is 19.9 Å². The summed E-state index contributed by atoms with van der Waals surface area (Å²) in [6, 6.07) is 6.14. The van der Waals surface area contributed by atoms with Crippen LogP contribution < -0.4 is 20.5 Å². The molecule has 27 heavy (non-hydrogen) atoms. The highest BCUT2D eigenvalue weighted by molar-refractivity contribution is 5.77. The van der Waals surface area contributed by atoms with Crippen LogP contribution >= 0.6 is 0 Å². The number of guanidine groups is 1. The van der Waals surface area contributed by atoms with Gasteiger partial charge in [-0.15, -0.1) is 0 Å². The number of nitrogens with zero attached hydrogens (tertiary/aromatic N) is 2. The number of nitrogens with two attached hydrogens (primary N) is 1. The van der Waals surface area contributed by atoms with Crippen LogP contribution in [0.2, 0.25) is 0 Å². The van der Waals surface area contributed by atoms with Crippen LogP contribution in [0.25, 0.3) is 0 Å². The van der Waals surface area contributed by atoms with Crippen molar-refractivity contribution >= 4 is 5.96 Å². The van der Waals surface area contributed by atoms with Crippen molar-refractivity contribution < 1.29 is 14.2 Å². The Morgan fingerprint density at radius 2 is 1.93 bits per heavy atom. The maximum Gasteiger partial charge on any atom is 0.188 e. The van der Waals surface area contributed by atoms with Crippen molar-refractivity contribution in [1.82, 2.24) is 10.2 Å². The maximum absolute atomic E-state index is 6.07. The molecule has 1 saturated heterocycles. The van der Waals surface area contributed by atoms with Crippen LogP contribution in [0, 0.1) is 5.92 Å². The Kier molecular flexibility index (Phi) is 8.67. The number of aliphatic imine (C=N–C) groups is 1. The van der Waals surface area contributed by atoms with Crippen molar-refractivity contribution in [2.75, 3.05) is 53.6 Å². The number of hydrogen-bond acceptors (Lipinski definition) is 5. The largest absolute Gasteiger partial charge is 0.493 e. The first-order valence-electron chi connectivity index (χ1n) is 9.62. The molecular weight excluding hydrogens is 344 g/mol. The smallest absolute Gasteiger partial charge is 0.188 e. The molecule has 7 heteroatoms. The third-order valence-corrected chi connectivity index (χ3v) is 4.74.